The van der Waals surface area contributed by atoms with Gasteiger partial charge in [-0.15, -0.1) is 0 Å². The third kappa shape index (κ3) is 2.70. The molecule has 1 unspecified atom stereocenters. The van der Waals surface area contributed by atoms with Crippen LogP contribution in [0.3, 0.4) is 0 Å². The molecule has 7 heteroatoms. The maximum absolute atomic E-state index is 12.7. The standard InChI is InChI=1S/C21H19N3O4/c1-12-4-3-5-13(2)19(12)24-10-15(9-18(24)25)20-22-21(28-23-20)14-6-7-16-17(8-14)27-11-26-16/h3-8,15H,9-11H2,1-2H3. The minimum Gasteiger partial charge on any atom is -0.454 e. The molecule has 0 bridgehead atoms. The van der Waals surface area contributed by atoms with E-state index < -0.39 is 0 Å². The molecule has 2 aliphatic rings. The SMILES string of the molecule is Cc1cccc(C)c1N1CC(c2noc(-c3ccc4c(c3)OCO4)n2)CC1=O. The molecule has 1 saturated heterocycles. The number of hydrogen-bond acceptors (Lipinski definition) is 6. The van der Waals surface area contributed by atoms with Crippen molar-refractivity contribution in [2.45, 2.75) is 26.2 Å². The van der Waals surface area contributed by atoms with Crippen LogP contribution in [-0.4, -0.2) is 29.4 Å². The van der Waals surface area contributed by atoms with Crippen LogP contribution in [0.25, 0.3) is 11.5 Å². The molecule has 3 heterocycles. The first-order chi connectivity index (χ1) is 13.6. The van der Waals surface area contributed by atoms with Gasteiger partial charge in [-0.2, -0.15) is 4.98 Å². The molecule has 28 heavy (non-hydrogen) atoms. The number of ether oxygens (including phenoxy) is 2. The molecule has 3 aromatic rings. The fraction of sp³-hybridized carbons (Fsp3) is 0.286. The number of amides is 1. The highest BCUT2D eigenvalue weighted by Gasteiger charge is 2.35. The van der Waals surface area contributed by atoms with Crippen molar-refractivity contribution in [1.82, 2.24) is 10.1 Å². The average molecular weight is 377 g/mol. The van der Waals surface area contributed by atoms with Crippen molar-refractivity contribution in [3.8, 4) is 23.0 Å². The predicted octanol–water partition coefficient (Wildman–Crippen LogP) is 3.60. The summed E-state index contributed by atoms with van der Waals surface area (Å²) in [5, 5.41) is 4.14. The largest absolute Gasteiger partial charge is 0.454 e. The van der Waals surface area contributed by atoms with Gasteiger partial charge in [0.25, 0.3) is 5.89 Å². The maximum atomic E-state index is 12.7. The molecule has 142 valence electrons. The third-order valence-electron chi connectivity index (χ3n) is 5.26. The normalized spacial score (nSPS) is 18.1. The Morgan fingerprint density at radius 1 is 1.07 bits per heavy atom. The van der Waals surface area contributed by atoms with Crippen LogP contribution in [0.5, 0.6) is 11.5 Å². The first-order valence-corrected chi connectivity index (χ1v) is 9.20. The van der Waals surface area contributed by atoms with E-state index in [1.54, 1.807) is 0 Å². The van der Waals surface area contributed by atoms with Crippen LogP contribution in [0.4, 0.5) is 5.69 Å². The van der Waals surface area contributed by atoms with E-state index in [0.717, 1.165) is 22.4 Å². The van der Waals surface area contributed by atoms with Gasteiger partial charge >= 0.3 is 0 Å². The number of nitrogens with zero attached hydrogens (tertiary/aromatic N) is 3. The lowest BCUT2D eigenvalue weighted by atomic mass is 10.1. The van der Waals surface area contributed by atoms with E-state index in [-0.39, 0.29) is 18.6 Å². The van der Waals surface area contributed by atoms with Crippen molar-refractivity contribution in [2.24, 2.45) is 0 Å². The predicted molar refractivity (Wildman–Crippen MR) is 101 cm³/mol. The van der Waals surface area contributed by atoms with Crippen molar-refractivity contribution >= 4 is 11.6 Å². The molecule has 0 spiro atoms. The van der Waals surface area contributed by atoms with Crippen LogP contribution < -0.4 is 14.4 Å². The summed E-state index contributed by atoms with van der Waals surface area (Å²) in [4.78, 5) is 19.1. The fourth-order valence-corrected chi connectivity index (χ4v) is 3.88. The molecular weight excluding hydrogens is 358 g/mol. The lowest BCUT2D eigenvalue weighted by molar-refractivity contribution is -0.117. The summed E-state index contributed by atoms with van der Waals surface area (Å²) in [5.41, 5.74) is 3.92. The molecule has 1 atom stereocenters. The highest BCUT2D eigenvalue weighted by Crippen LogP contribution is 2.37. The summed E-state index contributed by atoms with van der Waals surface area (Å²) in [6.45, 7) is 4.81. The number of hydrogen-bond donors (Lipinski definition) is 0. The Morgan fingerprint density at radius 3 is 2.68 bits per heavy atom. The highest BCUT2D eigenvalue weighted by molar-refractivity contribution is 5.97. The highest BCUT2D eigenvalue weighted by atomic mass is 16.7. The van der Waals surface area contributed by atoms with E-state index in [4.69, 9.17) is 14.0 Å². The molecular formula is C21H19N3O4. The van der Waals surface area contributed by atoms with Crippen molar-refractivity contribution in [3.05, 3.63) is 53.3 Å². The van der Waals surface area contributed by atoms with Gasteiger partial charge in [-0.3, -0.25) is 4.79 Å². The monoisotopic (exact) mass is 377 g/mol. The number of aromatic nitrogens is 2. The molecule has 2 aromatic carbocycles. The van der Waals surface area contributed by atoms with Crippen molar-refractivity contribution in [1.29, 1.82) is 0 Å². The molecule has 0 aliphatic carbocycles. The minimum absolute atomic E-state index is 0.0804. The Balaban J connectivity index is 1.40. The van der Waals surface area contributed by atoms with Crippen molar-refractivity contribution in [3.63, 3.8) is 0 Å². The van der Waals surface area contributed by atoms with Crippen LogP contribution in [0.15, 0.2) is 40.9 Å². The van der Waals surface area contributed by atoms with E-state index in [1.807, 2.05) is 55.1 Å². The molecule has 0 saturated carbocycles. The van der Waals surface area contributed by atoms with Crippen LogP contribution >= 0.6 is 0 Å². The van der Waals surface area contributed by atoms with E-state index in [1.165, 1.54) is 0 Å². The Hall–Kier alpha value is -3.35. The van der Waals surface area contributed by atoms with Crippen LogP contribution in [0.2, 0.25) is 0 Å². The Morgan fingerprint density at radius 2 is 1.86 bits per heavy atom. The molecule has 0 radical (unpaired) electrons. The maximum Gasteiger partial charge on any atom is 0.258 e. The van der Waals surface area contributed by atoms with Crippen LogP contribution in [-0.2, 0) is 4.79 Å². The molecule has 7 nitrogen and oxygen atoms in total. The van der Waals surface area contributed by atoms with Gasteiger partial charge in [0.1, 0.15) is 0 Å². The van der Waals surface area contributed by atoms with Gasteiger partial charge in [-0.25, -0.2) is 0 Å². The Labute approximate surface area is 161 Å². The third-order valence-corrected chi connectivity index (χ3v) is 5.26. The van der Waals surface area contributed by atoms with Gasteiger partial charge in [-0.1, -0.05) is 23.4 Å². The summed E-state index contributed by atoms with van der Waals surface area (Å²) >= 11 is 0. The van der Waals surface area contributed by atoms with Gasteiger partial charge in [0.05, 0.1) is 0 Å². The quantitative estimate of drug-likeness (QED) is 0.694. The summed E-state index contributed by atoms with van der Waals surface area (Å²) in [7, 11) is 0. The number of aryl methyl sites for hydroxylation is 2. The number of fused-ring (bicyclic) bond motifs is 1. The number of carbonyl (C=O) groups excluding carboxylic acids is 1. The summed E-state index contributed by atoms with van der Waals surface area (Å²) < 4.78 is 16.2. The number of benzene rings is 2. The number of rotatable bonds is 3. The lowest BCUT2D eigenvalue weighted by Gasteiger charge is -2.21. The first-order valence-electron chi connectivity index (χ1n) is 9.20. The van der Waals surface area contributed by atoms with Crippen molar-refractivity contribution < 1.29 is 18.8 Å². The van der Waals surface area contributed by atoms with Gasteiger partial charge < -0.3 is 18.9 Å². The topological polar surface area (TPSA) is 77.7 Å². The lowest BCUT2D eigenvalue weighted by Crippen LogP contribution is -2.26. The van der Waals surface area contributed by atoms with Crippen LogP contribution in [0, 0.1) is 13.8 Å². The summed E-state index contributed by atoms with van der Waals surface area (Å²) in [6, 6.07) is 11.5. The molecule has 2 aliphatic heterocycles. The van der Waals surface area contributed by atoms with E-state index in [0.29, 0.717) is 36.2 Å². The van der Waals surface area contributed by atoms with E-state index in [2.05, 4.69) is 10.1 Å². The Kier molecular flexibility index (Phi) is 3.82. The zero-order valence-electron chi connectivity index (χ0n) is 15.6. The fourth-order valence-electron chi connectivity index (χ4n) is 3.88. The second-order valence-electron chi connectivity index (χ2n) is 7.17. The molecule has 0 N–H and O–H groups in total. The van der Waals surface area contributed by atoms with Crippen LogP contribution in [0.1, 0.15) is 29.3 Å². The number of para-hydroxylation sites is 1. The van der Waals surface area contributed by atoms with Gasteiger partial charge in [-0.05, 0) is 43.2 Å². The molecule has 5 rings (SSSR count). The number of carbonyl (C=O) groups is 1. The first kappa shape index (κ1) is 16.8. The Bertz CT molecular complexity index is 1060. The summed E-state index contributed by atoms with van der Waals surface area (Å²) in [5.74, 6) is 2.31. The van der Waals surface area contributed by atoms with Gasteiger partial charge in [0, 0.05) is 30.1 Å². The average Bonchev–Trinajstić information content (AvgIpc) is 3.40. The smallest absolute Gasteiger partial charge is 0.258 e. The molecule has 1 aromatic heterocycles. The molecule has 1 amide bonds. The second-order valence-corrected chi connectivity index (χ2v) is 7.17. The summed E-state index contributed by atoms with van der Waals surface area (Å²) in [6.07, 6.45) is 0.369. The van der Waals surface area contributed by atoms with Crippen molar-refractivity contribution in [2.75, 3.05) is 18.2 Å². The second kappa shape index (κ2) is 6.37. The van der Waals surface area contributed by atoms with E-state index >= 15 is 0 Å². The van der Waals surface area contributed by atoms with Gasteiger partial charge in [0.2, 0.25) is 12.7 Å². The molecule has 1 fully saturated rings. The van der Waals surface area contributed by atoms with E-state index in [9.17, 15) is 4.79 Å². The zero-order valence-corrected chi connectivity index (χ0v) is 15.6. The number of anilines is 1. The zero-order chi connectivity index (χ0) is 19.3. The minimum atomic E-state index is -0.0991. The van der Waals surface area contributed by atoms with Gasteiger partial charge in [0.15, 0.2) is 17.3 Å².